The molecule has 0 bridgehead atoms. The lowest BCUT2D eigenvalue weighted by molar-refractivity contribution is 0.908. The normalized spacial score (nSPS) is 11.7. The van der Waals surface area contributed by atoms with Crippen LogP contribution in [-0.2, 0) is 0 Å². The number of nitriles is 1. The van der Waals surface area contributed by atoms with E-state index in [1.165, 1.54) is 0 Å². The SMILES string of the molecule is C=CC(N)c1ccnc(C#N)c1. The van der Waals surface area contributed by atoms with Crippen LogP contribution in [-0.4, -0.2) is 4.98 Å². The molecule has 0 spiro atoms. The average molecular weight is 159 g/mol. The first-order chi connectivity index (χ1) is 5.77. The van der Waals surface area contributed by atoms with E-state index in [0.717, 1.165) is 5.56 Å². The largest absolute Gasteiger partial charge is 0.321 e. The van der Waals surface area contributed by atoms with Crippen molar-refractivity contribution in [2.75, 3.05) is 0 Å². The van der Waals surface area contributed by atoms with Crippen molar-refractivity contribution >= 4 is 0 Å². The third-order valence-corrected chi connectivity index (χ3v) is 1.54. The van der Waals surface area contributed by atoms with Gasteiger partial charge in [0.15, 0.2) is 0 Å². The first-order valence-electron chi connectivity index (χ1n) is 3.52. The molecule has 0 amide bonds. The molecule has 2 N–H and O–H groups in total. The molecular weight excluding hydrogens is 150 g/mol. The van der Waals surface area contributed by atoms with Crippen LogP contribution in [0.4, 0.5) is 0 Å². The summed E-state index contributed by atoms with van der Waals surface area (Å²) in [6.07, 6.45) is 3.19. The van der Waals surface area contributed by atoms with Crippen LogP contribution >= 0.6 is 0 Å². The topological polar surface area (TPSA) is 62.7 Å². The summed E-state index contributed by atoms with van der Waals surface area (Å²) in [7, 11) is 0. The molecule has 0 fully saturated rings. The van der Waals surface area contributed by atoms with Crippen molar-refractivity contribution in [1.82, 2.24) is 4.98 Å². The molecule has 1 rings (SSSR count). The molecule has 0 saturated carbocycles. The lowest BCUT2D eigenvalue weighted by atomic mass is 10.1. The zero-order valence-corrected chi connectivity index (χ0v) is 6.57. The van der Waals surface area contributed by atoms with Gasteiger partial charge in [0.05, 0.1) is 0 Å². The van der Waals surface area contributed by atoms with Gasteiger partial charge in [-0.05, 0) is 17.7 Å². The summed E-state index contributed by atoms with van der Waals surface area (Å²) in [6, 6.07) is 5.15. The van der Waals surface area contributed by atoms with Gasteiger partial charge in [-0.3, -0.25) is 0 Å². The fraction of sp³-hybridized carbons (Fsp3) is 0.111. The molecule has 0 aliphatic carbocycles. The van der Waals surface area contributed by atoms with E-state index in [1.54, 1.807) is 24.4 Å². The first-order valence-corrected chi connectivity index (χ1v) is 3.52. The Kier molecular flexibility index (Phi) is 2.57. The Morgan fingerprint density at radius 2 is 2.50 bits per heavy atom. The van der Waals surface area contributed by atoms with Crippen LogP contribution in [0.5, 0.6) is 0 Å². The predicted octanol–water partition coefficient (Wildman–Crippen LogP) is 1.14. The Labute approximate surface area is 71.2 Å². The molecule has 0 aliphatic heterocycles. The zero-order valence-electron chi connectivity index (χ0n) is 6.57. The second-order valence-electron chi connectivity index (χ2n) is 2.35. The number of nitrogens with zero attached hydrogens (tertiary/aromatic N) is 2. The van der Waals surface area contributed by atoms with E-state index in [-0.39, 0.29) is 6.04 Å². The maximum atomic E-state index is 8.54. The Morgan fingerprint density at radius 3 is 3.08 bits per heavy atom. The summed E-state index contributed by atoms with van der Waals surface area (Å²) >= 11 is 0. The number of rotatable bonds is 2. The fourth-order valence-corrected chi connectivity index (χ4v) is 0.851. The van der Waals surface area contributed by atoms with Crippen LogP contribution in [0, 0.1) is 11.3 Å². The predicted molar refractivity (Wildman–Crippen MR) is 46.1 cm³/mol. The Balaban J connectivity index is 3.03. The first kappa shape index (κ1) is 8.44. The van der Waals surface area contributed by atoms with Crippen LogP contribution in [0.1, 0.15) is 17.3 Å². The maximum Gasteiger partial charge on any atom is 0.140 e. The summed E-state index contributed by atoms with van der Waals surface area (Å²) in [5, 5.41) is 8.54. The van der Waals surface area contributed by atoms with Gasteiger partial charge in [-0.1, -0.05) is 6.08 Å². The monoisotopic (exact) mass is 159 g/mol. The molecule has 0 aromatic carbocycles. The molecular formula is C9H9N3. The average Bonchev–Trinajstić information content (AvgIpc) is 2.17. The van der Waals surface area contributed by atoms with Gasteiger partial charge in [-0.15, -0.1) is 6.58 Å². The van der Waals surface area contributed by atoms with Gasteiger partial charge >= 0.3 is 0 Å². The molecule has 3 nitrogen and oxygen atoms in total. The molecule has 60 valence electrons. The Bertz CT molecular complexity index is 325. The zero-order chi connectivity index (χ0) is 8.97. The minimum atomic E-state index is -0.222. The summed E-state index contributed by atoms with van der Waals surface area (Å²) < 4.78 is 0. The van der Waals surface area contributed by atoms with Crippen LogP contribution < -0.4 is 5.73 Å². The van der Waals surface area contributed by atoms with Crippen LogP contribution in [0.25, 0.3) is 0 Å². The fourth-order valence-electron chi connectivity index (χ4n) is 0.851. The lowest BCUT2D eigenvalue weighted by Gasteiger charge is -2.04. The van der Waals surface area contributed by atoms with E-state index in [4.69, 9.17) is 11.0 Å². The minimum Gasteiger partial charge on any atom is -0.321 e. The number of aromatic nitrogens is 1. The highest BCUT2D eigenvalue weighted by atomic mass is 14.7. The molecule has 1 aromatic heterocycles. The third-order valence-electron chi connectivity index (χ3n) is 1.54. The van der Waals surface area contributed by atoms with E-state index in [0.29, 0.717) is 5.69 Å². The minimum absolute atomic E-state index is 0.222. The van der Waals surface area contributed by atoms with E-state index in [1.807, 2.05) is 6.07 Å². The van der Waals surface area contributed by atoms with Gasteiger partial charge in [0.1, 0.15) is 11.8 Å². The van der Waals surface area contributed by atoms with E-state index < -0.39 is 0 Å². The molecule has 12 heavy (non-hydrogen) atoms. The second-order valence-corrected chi connectivity index (χ2v) is 2.35. The summed E-state index contributed by atoms with van der Waals surface area (Å²) in [6.45, 7) is 3.56. The molecule has 1 atom stereocenters. The maximum absolute atomic E-state index is 8.54. The number of pyridine rings is 1. The van der Waals surface area contributed by atoms with Crippen molar-refractivity contribution in [2.24, 2.45) is 5.73 Å². The van der Waals surface area contributed by atoms with Crippen molar-refractivity contribution in [3.63, 3.8) is 0 Å². The van der Waals surface area contributed by atoms with Crippen molar-refractivity contribution in [3.8, 4) is 6.07 Å². The Morgan fingerprint density at radius 1 is 1.75 bits per heavy atom. The van der Waals surface area contributed by atoms with E-state index in [9.17, 15) is 0 Å². The summed E-state index contributed by atoms with van der Waals surface area (Å²) in [4.78, 5) is 3.82. The van der Waals surface area contributed by atoms with Gasteiger partial charge in [-0.2, -0.15) is 5.26 Å². The van der Waals surface area contributed by atoms with Crippen LogP contribution in [0.3, 0.4) is 0 Å². The second kappa shape index (κ2) is 3.65. The highest BCUT2D eigenvalue weighted by Crippen LogP contribution is 2.10. The smallest absolute Gasteiger partial charge is 0.140 e. The van der Waals surface area contributed by atoms with E-state index in [2.05, 4.69) is 11.6 Å². The molecule has 3 heteroatoms. The van der Waals surface area contributed by atoms with Crippen molar-refractivity contribution in [1.29, 1.82) is 5.26 Å². The number of nitrogens with two attached hydrogens (primary N) is 1. The van der Waals surface area contributed by atoms with Crippen LogP contribution in [0.15, 0.2) is 31.0 Å². The van der Waals surface area contributed by atoms with Gasteiger partial charge in [0.25, 0.3) is 0 Å². The number of hydrogen-bond donors (Lipinski definition) is 1. The number of hydrogen-bond acceptors (Lipinski definition) is 3. The van der Waals surface area contributed by atoms with Crippen molar-refractivity contribution in [3.05, 3.63) is 42.2 Å². The lowest BCUT2D eigenvalue weighted by Crippen LogP contribution is -2.06. The molecule has 0 saturated heterocycles. The molecule has 0 radical (unpaired) electrons. The van der Waals surface area contributed by atoms with Crippen LogP contribution in [0.2, 0.25) is 0 Å². The van der Waals surface area contributed by atoms with Gasteiger partial charge < -0.3 is 5.73 Å². The third kappa shape index (κ3) is 1.68. The standard InChI is InChI=1S/C9H9N3/c1-2-9(11)7-3-4-12-8(5-7)6-10/h2-5,9H,1,11H2. The summed E-state index contributed by atoms with van der Waals surface area (Å²) in [5.74, 6) is 0. The quantitative estimate of drug-likeness (QED) is 0.658. The van der Waals surface area contributed by atoms with E-state index >= 15 is 0 Å². The summed E-state index contributed by atoms with van der Waals surface area (Å²) in [5.41, 5.74) is 6.90. The van der Waals surface area contributed by atoms with Crippen molar-refractivity contribution in [2.45, 2.75) is 6.04 Å². The Hall–Kier alpha value is -1.66. The van der Waals surface area contributed by atoms with Gasteiger partial charge in [-0.25, -0.2) is 4.98 Å². The highest BCUT2D eigenvalue weighted by molar-refractivity contribution is 5.28. The van der Waals surface area contributed by atoms with Gasteiger partial charge in [0.2, 0.25) is 0 Å². The molecule has 1 heterocycles. The van der Waals surface area contributed by atoms with Crippen molar-refractivity contribution < 1.29 is 0 Å². The van der Waals surface area contributed by atoms with Gasteiger partial charge in [0, 0.05) is 12.2 Å². The molecule has 1 aromatic rings. The highest BCUT2D eigenvalue weighted by Gasteiger charge is 2.01. The molecule has 0 aliphatic rings. The molecule has 1 unspecified atom stereocenters.